The van der Waals surface area contributed by atoms with Crippen LogP contribution in [0, 0.1) is 12.8 Å². The number of aryl methyl sites for hydroxylation is 1. The van der Waals surface area contributed by atoms with E-state index in [-0.39, 0.29) is 27.1 Å². The molecule has 0 saturated heterocycles. The molecule has 1 unspecified atom stereocenters. The Labute approximate surface area is 173 Å². The van der Waals surface area contributed by atoms with Crippen molar-refractivity contribution in [2.75, 3.05) is 5.32 Å². The van der Waals surface area contributed by atoms with Gasteiger partial charge in [0.15, 0.2) is 0 Å². The van der Waals surface area contributed by atoms with Crippen molar-refractivity contribution in [1.82, 2.24) is 4.90 Å². The number of nitrogens with one attached hydrogen (secondary N) is 1. The van der Waals surface area contributed by atoms with E-state index in [1.807, 2.05) is 32.9 Å². The summed E-state index contributed by atoms with van der Waals surface area (Å²) in [5.41, 5.74) is 1.99. The number of halogens is 2. The van der Waals surface area contributed by atoms with Gasteiger partial charge in [-0.15, -0.1) is 0 Å². The molecule has 1 aliphatic heterocycles. The van der Waals surface area contributed by atoms with E-state index >= 15 is 0 Å². The maximum absolute atomic E-state index is 13.0. The molecule has 5 nitrogen and oxygen atoms in total. The van der Waals surface area contributed by atoms with Gasteiger partial charge in [-0.3, -0.25) is 19.3 Å². The topological polar surface area (TPSA) is 66.5 Å². The predicted molar refractivity (Wildman–Crippen MR) is 110 cm³/mol. The minimum Gasteiger partial charge on any atom is -0.324 e. The number of imide groups is 1. The first-order valence-corrected chi connectivity index (χ1v) is 9.69. The molecule has 0 aliphatic carbocycles. The van der Waals surface area contributed by atoms with E-state index in [0.717, 1.165) is 10.5 Å². The fourth-order valence-electron chi connectivity index (χ4n) is 3.17. The molecule has 0 aromatic heterocycles. The minimum absolute atomic E-state index is 0.0882. The van der Waals surface area contributed by atoms with Gasteiger partial charge in [-0.1, -0.05) is 54.7 Å². The molecule has 0 fully saturated rings. The van der Waals surface area contributed by atoms with E-state index < -0.39 is 23.8 Å². The van der Waals surface area contributed by atoms with Crippen molar-refractivity contribution < 1.29 is 14.4 Å². The fraction of sp³-hybridized carbons (Fsp3) is 0.286. The zero-order chi connectivity index (χ0) is 20.6. The van der Waals surface area contributed by atoms with Gasteiger partial charge in [0.25, 0.3) is 11.8 Å². The summed E-state index contributed by atoms with van der Waals surface area (Å²) in [5, 5.41) is 3.18. The number of amides is 3. The highest BCUT2D eigenvalue weighted by molar-refractivity contribution is 6.43. The van der Waals surface area contributed by atoms with Crippen molar-refractivity contribution in [3.8, 4) is 0 Å². The Morgan fingerprint density at radius 3 is 1.96 bits per heavy atom. The smallest absolute Gasteiger partial charge is 0.262 e. The number of hydrogen-bond donors (Lipinski definition) is 1. The molecule has 146 valence electrons. The van der Waals surface area contributed by atoms with Gasteiger partial charge in [0, 0.05) is 5.69 Å². The summed E-state index contributed by atoms with van der Waals surface area (Å²) in [6, 6.07) is 9.13. The van der Waals surface area contributed by atoms with Crippen LogP contribution >= 0.6 is 23.2 Å². The zero-order valence-corrected chi connectivity index (χ0v) is 17.3. The van der Waals surface area contributed by atoms with Crippen LogP contribution in [-0.4, -0.2) is 28.7 Å². The maximum atomic E-state index is 13.0. The molecule has 1 aliphatic rings. The lowest BCUT2D eigenvalue weighted by atomic mass is 10.0. The third kappa shape index (κ3) is 3.91. The highest BCUT2D eigenvalue weighted by Crippen LogP contribution is 2.33. The van der Waals surface area contributed by atoms with Crippen LogP contribution in [0.1, 0.15) is 46.5 Å². The Bertz CT molecular complexity index is 914. The van der Waals surface area contributed by atoms with Crippen molar-refractivity contribution in [2.24, 2.45) is 5.92 Å². The molecule has 3 amide bonds. The van der Waals surface area contributed by atoms with Gasteiger partial charge in [-0.25, -0.2) is 0 Å². The van der Waals surface area contributed by atoms with Crippen LogP contribution in [0.4, 0.5) is 5.69 Å². The summed E-state index contributed by atoms with van der Waals surface area (Å²) in [6.07, 6.45) is 0.338. The Morgan fingerprint density at radius 2 is 1.50 bits per heavy atom. The molecule has 1 heterocycles. The number of anilines is 1. The van der Waals surface area contributed by atoms with E-state index in [4.69, 9.17) is 23.2 Å². The van der Waals surface area contributed by atoms with Crippen LogP contribution in [-0.2, 0) is 4.79 Å². The molecule has 0 radical (unpaired) electrons. The first-order chi connectivity index (χ1) is 13.2. The van der Waals surface area contributed by atoms with Gasteiger partial charge >= 0.3 is 0 Å². The highest BCUT2D eigenvalue weighted by Gasteiger charge is 2.43. The number of nitrogens with zero attached hydrogens (tertiary/aromatic N) is 1. The molecule has 0 bridgehead atoms. The molecule has 3 rings (SSSR count). The molecular formula is C21H20Cl2N2O3. The van der Waals surface area contributed by atoms with Crippen LogP contribution < -0.4 is 5.32 Å². The first-order valence-electron chi connectivity index (χ1n) is 8.93. The average Bonchev–Trinajstić information content (AvgIpc) is 2.86. The quantitative estimate of drug-likeness (QED) is 0.698. The summed E-state index contributed by atoms with van der Waals surface area (Å²) in [7, 11) is 0. The van der Waals surface area contributed by atoms with E-state index in [1.165, 1.54) is 12.1 Å². The SMILES string of the molecule is Cc1ccc(NC(=O)C(CC(C)C)N2C(=O)c3cc(Cl)c(Cl)cc3C2=O)cc1. The van der Waals surface area contributed by atoms with Crippen molar-refractivity contribution in [3.05, 3.63) is 63.1 Å². The van der Waals surface area contributed by atoms with Gasteiger partial charge in [-0.05, 0) is 43.5 Å². The molecule has 0 spiro atoms. The summed E-state index contributed by atoms with van der Waals surface area (Å²) < 4.78 is 0. The Kier molecular flexibility index (Phi) is 5.77. The first kappa shape index (κ1) is 20.4. The van der Waals surface area contributed by atoms with Gasteiger partial charge in [0.2, 0.25) is 5.91 Å². The number of carbonyl (C=O) groups is 3. The second kappa shape index (κ2) is 7.94. The molecule has 7 heteroatoms. The van der Waals surface area contributed by atoms with Gasteiger partial charge in [0.05, 0.1) is 21.2 Å². The van der Waals surface area contributed by atoms with Crippen LogP contribution in [0.5, 0.6) is 0 Å². The molecule has 2 aromatic carbocycles. The fourth-order valence-corrected chi connectivity index (χ4v) is 3.50. The van der Waals surface area contributed by atoms with E-state index in [9.17, 15) is 14.4 Å². The minimum atomic E-state index is -0.939. The average molecular weight is 419 g/mol. The highest BCUT2D eigenvalue weighted by atomic mass is 35.5. The number of hydrogen-bond acceptors (Lipinski definition) is 3. The van der Waals surface area contributed by atoms with Crippen LogP contribution in [0.25, 0.3) is 0 Å². The molecule has 0 saturated carbocycles. The molecule has 28 heavy (non-hydrogen) atoms. The van der Waals surface area contributed by atoms with Crippen LogP contribution in [0.3, 0.4) is 0 Å². The maximum Gasteiger partial charge on any atom is 0.262 e. The Balaban J connectivity index is 1.93. The number of rotatable bonds is 5. The van der Waals surface area contributed by atoms with Crippen molar-refractivity contribution in [2.45, 2.75) is 33.2 Å². The Morgan fingerprint density at radius 1 is 1.00 bits per heavy atom. The second-order valence-corrected chi connectivity index (χ2v) is 8.11. The van der Waals surface area contributed by atoms with Gasteiger partial charge in [-0.2, -0.15) is 0 Å². The molecule has 2 aromatic rings. The predicted octanol–water partition coefficient (Wildman–Crippen LogP) is 4.95. The number of fused-ring (bicyclic) bond motifs is 1. The van der Waals surface area contributed by atoms with Gasteiger partial charge in [0.1, 0.15) is 6.04 Å². The van der Waals surface area contributed by atoms with E-state index in [0.29, 0.717) is 12.1 Å². The lowest BCUT2D eigenvalue weighted by molar-refractivity contribution is -0.120. The van der Waals surface area contributed by atoms with Crippen molar-refractivity contribution >= 4 is 46.6 Å². The molecular weight excluding hydrogens is 399 g/mol. The lowest BCUT2D eigenvalue weighted by Crippen LogP contribution is -2.47. The van der Waals surface area contributed by atoms with E-state index in [1.54, 1.807) is 12.1 Å². The summed E-state index contributed by atoms with van der Waals surface area (Å²) in [6.45, 7) is 5.80. The third-order valence-corrected chi connectivity index (χ3v) is 5.31. The third-order valence-electron chi connectivity index (χ3n) is 4.59. The van der Waals surface area contributed by atoms with Crippen LogP contribution in [0.2, 0.25) is 10.0 Å². The zero-order valence-electron chi connectivity index (χ0n) is 15.8. The number of benzene rings is 2. The van der Waals surface area contributed by atoms with Gasteiger partial charge < -0.3 is 5.32 Å². The monoisotopic (exact) mass is 418 g/mol. The second-order valence-electron chi connectivity index (χ2n) is 7.29. The summed E-state index contributed by atoms with van der Waals surface area (Å²) in [5.74, 6) is -1.40. The lowest BCUT2D eigenvalue weighted by Gasteiger charge is -2.26. The Hall–Kier alpha value is -2.37. The van der Waals surface area contributed by atoms with Crippen LogP contribution in [0.15, 0.2) is 36.4 Å². The van der Waals surface area contributed by atoms with Crippen molar-refractivity contribution in [1.29, 1.82) is 0 Å². The molecule has 1 N–H and O–H groups in total. The summed E-state index contributed by atoms with van der Waals surface area (Å²) >= 11 is 12.0. The largest absolute Gasteiger partial charge is 0.324 e. The van der Waals surface area contributed by atoms with Crippen molar-refractivity contribution in [3.63, 3.8) is 0 Å². The van der Waals surface area contributed by atoms with E-state index in [2.05, 4.69) is 5.32 Å². The summed E-state index contributed by atoms with van der Waals surface area (Å²) in [4.78, 5) is 39.8. The normalized spacial score (nSPS) is 14.4. The number of carbonyl (C=O) groups excluding carboxylic acids is 3. The molecule has 1 atom stereocenters. The standard InChI is InChI=1S/C21H20Cl2N2O3/c1-11(2)8-18(19(26)24-13-6-4-12(3)5-7-13)25-20(27)14-9-16(22)17(23)10-15(14)21(25)28/h4-7,9-11,18H,8H2,1-3H3,(H,24,26).